The van der Waals surface area contributed by atoms with Crippen molar-refractivity contribution in [3.05, 3.63) is 42.9 Å². The van der Waals surface area contributed by atoms with Crippen molar-refractivity contribution in [3.8, 4) is 11.6 Å². The maximum atomic E-state index is 11.8. The van der Waals surface area contributed by atoms with E-state index in [1.54, 1.807) is 25.3 Å². The van der Waals surface area contributed by atoms with Crippen molar-refractivity contribution in [1.82, 2.24) is 9.55 Å². The number of hydrogen-bond acceptors (Lipinski definition) is 4. The highest BCUT2D eigenvalue weighted by Gasteiger charge is 2.21. The summed E-state index contributed by atoms with van der Waals surface area (Å²) in [5.74, 6) is 0.862. The second-order valence-electron chi connectivity index (χ2n) is 4.18. The molecular weight excluding hydrogens is 256 g/mol. The van der Waals surface area contributed by atoms with Crippen LogP contribution in [0.5, 0.6) is 5.75 Å². The molecular formula is C15H18N2O3. The fourth-order valence-electron chi connectivity index (χ4n) is 1.83. The number of rotatable bonds is 6. The second kappa shape index (κ2) is 6.75. The lowest BCUT2D eigenvalue weighted by Gasteiger charge is -2.17. The molecule has 1 atom stereocenters. The van der Waals surface area contributed by atoms with E-state index >= 15 is 0 Å². The Labute approximate surface area is 118 Å². The van der Waals surface area contributed by atoms with Gasteiger partial charge in [0.2, 0.25) is 0 Å². The van der Waals surface area contributed by atoms with Crippen LogP contribution in [0.25, 0.3) is 5.82 Å². The van der Waals surface area contributed by atoms with Gasteiger partial charge in [0.05, 0.1) is 6.61 Å². The van der Waals surface area contributed by atoms with Crippen LogP contribution in [-0.4, -0.2) is 28.2 Å². The molecule has 1 unspecified atom stereocenters. The van der Waals surface area contributed by atoms with Gasteiger partial charge in [0, 0.05) is 18.6 Å². The maximum absolute atomic E-state index is 11.8. The first-order valence-corrected chi connectivity index (χ1v) is 6.68. The highest BCUT2D eigenvalue weighted by molar-refractivity contribution is 5.75. The van der Waals surface area contributed by atoms with Crippen molar-refractivity contribution in [1.29, 1.82) is 0 Å². The van der Waals surface area contributed by atoms with Crippen LogP contribution in [0.3, 0.4) is 0 Å². The summed E-state index contributed by atoms with van der Waals surface area (Å²) in [6, 6.07) is 7.38. The van der Waals surface area contributed by atoms with Crippen LogP contribution < -0.4 is 4.74 Å². The molecule has 0 saturated heterocycles. The van der Waals surface area contributed by atoms with Crippen molar-refractivity contribution in [2.75, 3.05) is 6.61 Å². The summed E-state index contributed by atoms with van der Waals surface area (Å²) in [4.78, 5) is 16.1. The van der Waals surface area contributed by atoms with Gasteiger partial charge in [-0.25, -0.2) is 9.78 Å². The predicted molar refractivity (Wildman–Crippen MR) is 74.9 cm³/mol. The summed E-state index contributed by atoms with van der Waals surface area (Å²) in [5, 5.41) is 0. The average Bonchev–Trinajstić information content (AvgIpc) is 2.99. The minimum absolute atomic E-state index is 0.343. The predicted octanol–water partition coefficient (Wildman–Crippen LogP) is 2.59. The number of ether oxygens (including phenoxy) is 2. The van der Waals surface area contributed by atoms with Crippen LogP contribution in [0.15, 0.2) is 42.9 Å². The summed E-state index contributed by atoms with van der Waals surface area (Å²) < 4.78 is 12.6. The fourth-order valence-corrected chi connectivity index (χ4v) is 1.83. The third kappa shape index (κ3) is 3.17. The van der Waals surface area contributed by atoms with E-state index in [-0.39, 0.29) is 5.97 Å². The van der Waals surface area contributed by atoms with Gasteiger partial charge in [0.25, 0.3) is 0 Å². The van der Waals surface area contributed by atoms with E-state index in [9.17, 15) is 4.79 Å². The largest absolute Gasteiger partial charge is 0.475 e. The van der Waals surface area contributed by atoms with E-state index in [4.69, 9.17) is 9.47 Å². The number of pyridine rings is 1. The number of hydrogen-bond donors (Lipinski definition) is 0. The summed E-state index contributed by atoms with van der Waals surface area (Å²) in [6.45, 7) is 4.00. The molecule has 2 heterocycles. The number of aromatic nitrogens is 2. The summed E-state index contributed by atoms with van der Waals surface area (Å²) in [5.41, 5.74) is 0. The summed E-state index contributed by atoms with van der Waals surface area (Å²) in [7, 11) is 0. The van der Waals surface area contributed by atoms with Gasteiger partial charge >= 0.3 is 5.97 Å². The molecule has 5 nitrogen and oxygen atoms in total. The van der Waals surface area contributed by atoms with Crippen molar-refractivity contribution in [2.24, 2.45) is 0 Å². The molecule has 2 rings (SSSR count). The lowest BCUT2D eigenvalue weighted by atomic mass is 10.3. The molecule has 0 N–H and O–H groups in total. The Morgan fingerprint density at radius 2 is 2.05 bits per heavy atom. The number of esters is 1. The van der Waals surface area contributed by atoms with Crippen LogP contribution in [0.2, 0.25) is 0 Å². The van der Waals surface area contributed by atoms with Crippen molar-refractivity contribution >= 4 is 5.97 Å². The first-order chi connectivity index (χ1) is 9.76. The molecule has 20 heavy (non-hydrogen) atoms. The molecule has 2 aromatic rings. The van der Waals surface area contributed by atoms with E-state index in [1.807, 2.05) is 36.0 Å². The van der Waals surface area contributed by atoms with Crippen molar-refractivity contribution < 1.29 is 14.3 Å². The Kier molecular flexibility index (Phi) is 4.76. The van der Waals surface area contributed by atoms with E-state index in [0.29, 0.717) is 24.6 Å². The lowest BCUT2D eigenvalue weighted by Crippen LogP contribution is -2.29. The molecule has 0 saturated carbocycles. The van der Waals surface area contributed by atoms with Gasteiger partial charge in [-0.1, -0.05) is 6.92 Å². The Bertz CT molecular complexity index is 552. The number of carbonyl (C=O) groups excluding carboxylic acids is 1. The molecule has 0 aromatic carbocycles. The van der Waals surface area contributed by atoms with Gasteiger partial charge < -0.3 is 14.0 Å². The van der Waals surface area contributed by atoms with Gasteiger partial charge in [-0.15, -0.1) is 0 Å². The zero-order chi connectivity index (χ0) is 14.4. The molecule has 0 amide bonds. The topological polar surface area (TPSA) is 53.4 Å². The van der Waals surface area contributed by atoms with E-state index < -0.39 is 6.10 Å². The monoisotopic (exact) mass is 274 g/mol. The average molecular weight is 274 g/mol. The Balaban J connectivity index is 2.22. The third-order valence-corrected chi connectivity index (χ3v) is 2.79. The van der Waals surface area contributed by atoms with Crippen LogP contribution in [0.4, 0.5) is 0 Å². The maximum Gasteiger partial charge on any atom is 0.347 e. The van der Waals surface area contributed by atoms with E-state index in [2.05, 4.69) is 4.98 Å². The van der Waals surface area contributed by atoms with E-state index in [0.717, 1.165) is 0 Å². The first kappa shape index (κ1) is 14.1. The summed E-state index contributed by atoms with van der Waals surface area (Å²) >= 11 is 0. The van der Waals surface area contributed by atoms with Crippen LogP contribution in [0, 0.1) is 0 Å². The van der Waals surface area contributed by atoms with Gasteiger partial charge in [-0.05, 0) is 37.6 Å². The molecule has 0 spiro atoms. The summed E-state index contributed by atoms with van der Waals surface area (Å²) in [6.07, 6.45) is 5.36. The number of carbonyl (C=O) groups is 1. The van der Waals surface area contributed by atoms with Gasteiger partial charge in [-0.2, -0.15) is 0 Å². The van der Waals surface area contributed by atoms with E-state index in [1.165, 1.54) is 0 Å². The molecule has 2 aromatic heterocycles. The minimum atomic E-state index is -0.617. The first-order valence-electron chi connectivity index (χ1n) is 6.68. The third-order valence-electron chi connectivity index (χ3n) is 2.79. The minimum Gasteiger partial charge on any atom is -0.475 e. The van der Waals surface area contributed by atoms with Gasteiger partial charge in [0.15, 0.2) is 17.7 Å². The molecule has 0 aliphatic heterocycles. The molecule has 0 aliphatic carbocycles. The van der Waals surface area contributed by atoms with Crippen LogP contribution in [0.1, 0.15) is 20.3 Å². The van der Waals surface area contributed by atoms with Crippen LogP contribution in [-0.2, 0) is 9.53 Å². The highest BCUT2D eigenvalue weighted by atomic mass is 16.6. The normalized spacial score (nSPS) is 11.9. The molecule has 5 heteroatoms. The Morgan fingerprint density at radius 3 is 2.70 bits per heavy atom. The molecule has 0 aliphatic rings. The van der Waals surface area contributed by atoms with Crippen molar-refractivity contribution in [3.63, 3.8) is 0 Å². The SMILES string of the molecule is CCOC(=O)C(CC)Oc1cccnc1-n1cccc1. The highest BCUT2D eigenvalue weighted by Crippen LogP contribution is 2.22. The molecule has 106 valence electrons. The standard InChI is InChI=1S/C15H18N2O3/c1-3-12(15(18)19-4-2)20-13-8-7-9-16-14(13)17-10-5-6-11-17/h5-12H,3-4H2,1-2H3. The second-order valence-corrected chi connectivity index (χ2v) is 4.18. The Hall–Kier alpha value is -2.30. The zero-order valence-corrected chi connectivity index (χ0v) is 11.7. The van der Waals surface area contributed by atoms with Gasteiger partial charge in [-0.3, -0.25) is 0 Å². The van der Waals surface area contributed by atoms with Crippen molar-refractivity contribution in [2.45, 2.75) is 26.4 Å². The molecule has 0 radical (unpaired) electrons. The quantitative estimate of drug-likeness (QED) is 0.760. The Morgan fingerprint density at radius 1 is 1.30 bits per heavy atom. The van der Waals surface area contributed by atoms with Crippen LogP contribution >= 0.6 is 0 Å². The van der Waals surface area contributed by atoms with Gasteiger partial charge in [0.1, 0.15) is 0 Å². The molecule has 0 fully saturated rings. The smallest absolute Gasteiger partial charge is 0.347 e. The molecule has 0 bridgehead atoms. The number of nitrogens with zero attached hydrogens (tertiary/aromatic N) is 2. The fraction of sp³-hybridized carbons (Fsp3) is 0.333. The zero-order valence-electron chi connectivity index (χ0n) is 11.7. The lowest BCUT2D eigenvalue weighted by molar-refractivity contribution is -0.151.